The number of rotatable bonds is 5. The van der Waals surface area contributed by atoms with Crippen molar-refractivity contribution in [3.8, 4) is 0 Å². The van der Waals surface area contributed by atoms with Gasteiger partial charge in [-0.15, -0.1) is 0 Å². The van der Waals surface area contributed by atoms with Crippen LogP contribution in [0, 0.1) is 5.92 Å². The smallest absolute Gasteiger partial charge is 0.0841 e. The monoisotopic (exact) mass is 257 g/mol. The van der Waals surface area contributed by atoms with E-state index in [4.69, 9.17) is 5.10 Å². The molecule has 0 unspecified atom stereocenters. The third kappa shape index (κ3) is 2.66. The first-order chi connectivity index (χ1) is 9.38. The second-order valence-electron chi connectivity index (χ2n) is 5.58. The molecule has 0 bridgehead atoms. The van der Waals surface area contributed by atoms with Gasteiger partial charge in [-0.25, -0.2) is 0 Å². The van der Waals surface area contributed by atoms with Gasteiger partial charge in [0, 0.05) is 18.5 Å². The second-order valence-corrected chi connectivity index (χ2v) is 5.58. The number of nitrogens with one attached hydrogen (secondary N) is 1. The minimum Gasteiger partial charge on any atom is -0.311 e. The zero-order chi connectivity index (χ0) is 13.1. The average molecular weight is 257 g/mol. The lowest BCUT2D eigenvalue weighted by molar-refractivity contribution is 0.434. The lowest BCUT2D eigenvalue weighted by Gasteiger charge is -2.09. The Hall–Kier alpha value is -1.35. The predicted molar refractivity (Wildman–Crippen MR) is 79.1 cm³/mol. The van der Waals surface area contributed by atoms with Crippen molar-refractivity contribution >= 4 is 10.9 Å². The van der Waals surface area contributed by atoms with E-state index >= 15 is 0 Å². The molecule has 1 N–H and O–H groups in total. The molecule has 1 saturated carbocycles. The van der Waals surface area contributed by atoms with Crippen LogP contribution < -0.4 is 5.32 Å². The first-order valence-corrected chi connectivity index (χ1v) is 7.53. The van der Waals surface area contributed by atoms with Crippen LogP contribution in [0.15, 0.2) is 24.3 Å². The van der Waals surface area contributed by atoms with E-state index in [-0.39, 0.29) is 0 Å². The summed E-state index contributed by atoms with van der Waals surface area (Å²) >= 11 is 0. The third-order valence-electron chi connectivity index (χ3n) is 4.18. The van der Waals surface area contributed by atoms with Crippen molar-refractivity contribution in [2.45, 2.75) is 45.7 Å². The minimum absolute atomic E-state index is 0.829. The molecule has 1 heterocycles. The molecule has 0 saturated heterocycles. The number of hydrogen-bond donors (Lipinski definition) is 1. The molecule has 1 aliphatic rings. The maximum Gasteiger partial charge on any atom is 0.0841 e. The number of benzene rings is 1. The van der Waals surface area contributed by atoms with E-state index < -0.39 is 0 Å². The van der Waals surface area contributed by atoms with E-state index in [0.29, 0.717) is 0 Å². The van der Waals surface area contributed by atoms with Gasteiger partial charge in [0.05, 0.1) is 11.2 Å². The highest BCUT2D eigenvalue weighted by atomic mass is 15.3. The number of aromatic nitrogens is 2. The predicted octanol–water partition coefficient (Wildman–Crippen LogP) is 3.34. The highest BCUT2D eigenvalue weighted by molar-refractivity contribution is 5.81. The Morgan fingerprint density at radius 3 is 2.84 bits per heavy atom. The lowest BCUT2D eigenvalue weighted by atomic mass is 10.1. The van der Waals surface area contributed by atoms with E-state index in [1.165, 1.54) is 42.3 Å². The van der Waals surface area contributed by atoms with Crippen LogP contribution in [0.1, 0.15) is 38.3 Å². The molecule has 1 aromatic heterocycles. The number of fused-ring (bicyclic) bond motifs is 1. The molecule has 1 fully saturated rings. The Kier molecular flexibility index (Phi) is 3.83. The average Bonchev–Trinajstić information content (AvgIpc) is 3.06. The summed E-state index contributed by atoms with van der Waals surface area (Å²) in [6.07, 6.45) is 5.54. The lowest BCUT2D eigenvalue weighted by Crippen LogP contribution is -2.13. The zero-order valence-electron chi connectivity index (χ0n) is 11.7. The van der Waals surface area contributed by atoms with Gasteiger partial charge < -0.3 is 5.32 Å². The summed E-state index contributed by atoms with van der Waals surface area (Å²) in [6.45, 7) is 5.09. The zero-order valence-corrected chi connectivity index (χ0v) is 11.7. The van der Waals surface area contributed by atoms with Crippen molar-refractivity contribution in [2.75, 3.05) is 6.54 Å². The molecule has 0 aliphatic heterocycles. The molecule has 0 amide bonds. The molecular weight excluding hydrogens is 234 g/mol. The molecule has 2 aromatic rings. The van der Waals surface area contributed by atoms with Gasteiger partial charge in [0.25, 0.3) is 0 Å². The summed E-state index contributed by atoms with van der Waals surface area (Å²) in [5.41, 5.74) is 2.48. The first kappa shape index (κ1) is 12.7. The number of para-hydroxylation sites is 1. The fourth-order valence-electron chi connectivity index (χ4n) is 3.15. The van der Waals surface area contributed by atoms with Crippen LogP contribution in [0.3, 0.4) is 0 Å². The molecule has 1 aromatic carbocycles. The van der Waals surface area contributed by atoms with Gasteiger partial charge in [-0.2, -0.15) is 5.10 Å². The Labute approximate surface area is 115 Å². The van der Waals surface area contributed by atoms with E-state index in [2.05, 4.69) is 41.2 Å². The largest absolute Gasteiger partial charge is 0.311 e. The van der Waals surface area contributed by atoms with Crippen molar-refractivity contribution in [1.82, 2.24) is 15.1 Å². The Balaban J connectivity index is 1.89. The molecule has 0 radical (unpaired) electrons. The molecular formula is C16H23N3. The highest BCUT2D eigenvalue weighted by Gasteiger charge is 2.18. The van der Waals surface area contributed by atoms with E-state index in [1.807, 2.05) is 0 Å². The van der Waals surface area contributed by atoms with Crippen molar-refractivity contribution in [3.63, 3.8) is 0 Å². The molecule has 3 nitrogen and oxygen atoms in total. The highest BCUT2D eigenvalue weighted by Crippen LogP contribution is 2.28. The van der Waals surface area contributed by atoms with Crippen molar-refractivity contribution in [3.05, 3.63) is 30.0 Å². The van der Waals surface area contributed by atoms with E-state index in [0.717, 1.165) is 25.6 Å². The van der Waals surface area contributed by atoms with E-state index in [9.17, 15) is 0 Å². The SMILES string of the molecule is CCNCc1nn(CC2CCCC2)c2ccccc12. The van der Waals surface area contributed by atoms with Gasteiger partial charge in [0.15, 0.2) is 0 Å². The minimum atomic E-state index is 0.829. The fourth-order valence-corrected chi connectivity index (χ4v) is 3.15. The normalized spacial score (nSPS) is 16.5. The van der Waals surface area contributed by atoms with Crippen LogP contribution in [0.5, 0.6) is 0 Å². The van der Waals surface area contributed by atoms with Gasteiger partial charge in [0.2, 0.25) is 0 Å². The quantitative estimate of drug-likeness (QED) is 0.890. The van der Waals surface area contributed by atoms with Gasteiger partial charge in [-0.1, -0.05) is 38.0 Å². The van der Waals surface area contributed by atoms with Crippen LogP contribution in [-0.4, -0.2) is 16.3 Å². The van der Waals surface area contributed by atoms with Gasteiger partial charge in [-0.05, 0) is 31.4 Å². The molecule has 3 heteroatoms. The molecule has 1 aliphatic carbocycles. The maximum absolute atomic E-state index is 4.84. The standard InChI is InChI=1S/C16H23N3/c1-2-17-11-15-14-9-5-6-10-16(14)19(18-15)12-13-7-3-4-8-13/h5-6,9-10,13,17H,2-4,7-8,11-12H2,1H3. The second kappa shape index (κ2) is 5.74. The van der Waals surface area contributed by atoms with E-state index in [1.54, 1.807) is 0 Å². The summed E-state index contributed by atoms with van der Waals surface area (Å²) < 4.78 is 2.23. The van der Waals surface area contributed by atoms with Gasteiger partial charge in [-0.3, -0.25) is 4.68 Å². The van der Waals surface area contributed by atoms with Crippen LogP contribution in [0.25, 0.3) is 10.9 Å². The van der Waals surface area contributed by atoms with Crippen molar-refractivity contribution in [2.24, 2.45) is 5.92 Å². The Morgan fingerprint density at radius 2 is 2.05 bits per heavy atom. The molecule has 3 rings (SSSR count). The van der Waals surface area contributed by atoms with Crippen LogP contribution in [0.4, 0.5) is 0 Å². The summed E-state index contributed by atoms with van der Waals surface area (Å²) in [7, 11) is 0. The number of nitrogens with zero attached hydrogens (tertiary/aromatic N) is 2. The molecule has 0 spiro atoms. The summed E-state index contributed by atoms with van der Waals surface area (Å²) in [5.74, 6) is 0.829. The van der Waals surface area contributed by atoms with Crippen molar-refractivity contribution in [1.29, 1.82) is 0 Å². The van der Waals surface area contributed by atoms with Crippen LogP contribution in [0.2, 0.25) is 0 Å². The first-order valence-electron chi connectivity index (χ1n) is 7.53. The van der Waals surface area contributed by atoms with Gasteiger partial charge in [0.1, 0.15) is 0 Å². The Morgan fingerprint density at radius 1 is 1.26 bits per heavy atom. The van der Waals surface area contributed by atoms with Crippen LogP contribution in [-0.2, 0) is 13.1 Å². The molecule has 102 valence electrons. The van der Waals surface area contributed by atoms with Crippen molar-refractivity contribution < 1.29 is 0 Å². The van der Waals surface area contributed by atoms with Gasteiger partial charge >= 0.3 is 0 Å². The fraction of sp³-hybridized carbons (Fsp3) is 0.562. The van der Waals surface area contributed by atoms with Crippen LogP contribution >= 0.6 is 0 Å². The topological polar surface area (TPSA) is 29.9 Å². The molecule has 0 atom stereocenters. The summed E-state index contributed by atoms with van der Waals surface area (Å²) in [5, 5.41) is 9.54. The Bertz CT molecular complexity index is 538. The summed E-state index contributed by atoms with van der Waals surface area (Å²) in [6, 6.07) is 8.62. The molecule has 19 heavy (non-hydrogen) atoms. The third-order valence-corrected chi connectivity index (χ3v) is 4.18. The maximum atomic E-state index is 4.84. The number of hydrogen-bond acceptors (Lipinski definition) is 2. The summed E-state index contributed by atoms with van der Waals surface area (Å²) in [4.78, 5) is 0.